The Morgan fingerprint density at radius 3 is 2.71 bits per heavy atom. The molecule has 0 amide bonds. The Labute approximate surface area is 81.4 Å². The molecule has 0 aliphatic rings. The van der Waals surface area contributed by atoms with Crippen molar-refractivity contribution in [3.63, 3.8) is 0 Å². The van der Waals surface area contributed by atoms with E-state index in [1.165, 1.54) is 0 Å². The van der Waals surface area contributed by atoms with Gasteiger partial charge in [0.1, 0.15) is 6.33 Å². The normalized spacial score (nSPS) is 11.3. The molecule has 14 heavy (non-hydrogen) atoms. The lowest BCUT2D eigenvalue weighted by atomic mass is 10.3. The average Bonchev–Trinajstić information content (AvgIpc) is 2.18. The minimum absolute atomic E-state index is 0.0837. The van der Waals surface area contributed by atoms with E-state index in [4.69, 9.17) is 0 Å². The monoisotopic (exact) mass is 216 g/mol. The van der Waals surface area contributed by atoms with E-state index in [1.54, 1.807) is 6.92 Å². The number of halogens is 1. The van der Waals surface area contributed by atoms with Crippen LogP contribution in [0.25, 0.3) is 0 Å². The number of hydrogen-bond donors (Lipinski definition) is 0. The van der Waals surface area contributed by atoms with Gasteiger partial charge in [0.25, 0.3) is 0 Å². The molecule has 1 aromatic heterocycles. The number of aryl methyl sites for hydroxylation is 1. The maximum absolute atomic E-state index is 13.4. The first-order valence-electron chi connectivity index (χ1n) is 3.89. The SMILES string of the molecule is C=CS(=O)(=O)c1ncnc(CC)c1F. The Kier molecular flexibility index (Phi) is 2.95. The van der Waals surface area contributed by atoms with E-state index >= 15 is 0 Å². The van der Waals surface area contributed by atoms with Crippen LogP contribution in [0.5, 0.6) is 0 Å². The maximum atomic E-state index is 13.4. The van der Waals surface area contributed by atoms with E-state index in [1.807, 2.05) is 0 Å². The molecule has 0 aliphatic heterocycles. The zero-order valence-corrected chi connectivity index (χ0v) is 8.38. The van der Waals surface area contributed by atoms with Gasteiger partial charge in [0.15, 0.2) is 10.8 Å². The van der Waals surface area contributed by atoms with Crippen LogP contribution in [0, 0.1) is 5.82 Å². The Balaban J connectivity index is 3.45. The van der Waals surface area contributed by atoms with E-state index in [-0.39, 0.29) is 5.69 Å². The van der Waals surface area contributed by atoms with Gasteiger partial charge in [0.05, 0.1) is 5.69 Å². The Morgan fingerprint density at radius 1 is 1.57 bits per heavy atom. The smallest absolute Gasteiger partial charge is 0.219 e. The number of nitrogens with zero attached hydrogens (tertiary/aromatic N) is 2. The summed E-state index contributed by atoms with van der Waals surface area (Å²) in [6.45, 7) is 4.77. The van der Waals surface area contributed by atoms with Crippen LogP contribution >= 0.6 is 0 Å². The summed E-state index contributed by atoms with van der Waals surface area (Å²) in [6, 6.07) is 0. The lowest BCUT2D eigenvalue weighted by Crippen LogP contribution is -2.07. The Hall–Kier alpha value is -1.30. The number of hydrogen-bond acceptors (Lipinski definition) is 4. The van der Waals surface area contributed by atoms with Crippen molar-refractivity contribution >= 4 is 9.84 Å². The van der Waals surface area contributed by atoms with Crippen LogP contribution in [-0.2, 0) is 16.3 Å². The minimum atomic E-state index is -3.82. The standard InChI is InChI=1S/C8H9FN2O2S/c1-3-6-7(9)8(11-5-10-6)14(12,13)4-2/h4-5H,2-3H2,1H3. The third kappa shape index (κ3) is 1.79. The Bertz CT molecular complexity index is 456. The molecule has 0 saturated carbocycles. The molecule has 76 valence electrons. The van der Waals surface area contributed by atoms with E-state index in [9.17, 15) is 12.8 Å². The van der Waals surface area contributed by atoms with Gasteiger partial charge in [-0.1, -0.05) is 13.5 Å². The van der Waals surface area contributed by atoms with Crippen molar-refractivity contribution in [2.24, 2.45) is 0 Å². The highest BCUT2D eigenvalue weighted by molar-refractivity contribution is 7.94. The van der Waals surface area contributed by atoms with Crippen molar-refractivity contribution in [2.45, 2.75) is 18.4 Å². The van der Waals surface area contributed by atoms with Crippen LogP contribution in [0.3, 0.4) is 0 Å². The topological polar surface area (TPSA) is 59.9 Å². The third-order valence-corrected chi connectivity index (χ3v) is 2.92. The summed E-state index contributed by atoms with van der Waals surface area (Å²) in [7, 11) is -3.82. The number of aromatic nitrogens is 2. The van der Waals surface area contributed by atoms with Gasteiger partial charge in [-0.2, -0.15) is 0 Å². The summed E-state index contributed by atoms with van der Waals surface area (Å²) in [5.74, 6) is -0.894. The summed E-state index contributed by atoms with van der Waals surface area (Å²) >= 11 is 0. The molecule has 0 spiro atoms. The van der Waals surface area contributed by atoms with Gasteiger partial charge < -0.3 is 0 Å². The van der Waals surface area contributed by atoms with Gasteiger partial charge in [-0.3, -0.25) is 0 Å². The first kappa shape index (κ1) is 10.8. The van der Waals surface area contributed by atoms with Gasteiger partial charge in [0, 0.05) is 5.41 Å². The quantitative estimate of drug-likeness (QED) is 0.710. The molecule has 0 N–H and O–H groups in total. The highest BCUT2D eigenvalue weighted by Crippen LogP contribution is 2.15. The van der Waals surface area contributed by atoms with Gasteiger partial charge in [-0.15, -0.1) is 0 Å². The van der Waals surface area contributed by atoms with Gasteiger partial charge in [-0.05, 0) is 6.42 Å². The molecule has 1 rings (SSSR count). The lowest BCUT2D eigenvalue weighted by molar-refractivity contribution is 0.539. The van der Waals surface area contributed by atoms with Crippen LogP contribution in [0.4, 0.5) is 4.39 Å². The molecule has 4 nitrogen and oxygen atoms in total. The predicted octanol–water partition coefficient (Wildman–Crippen LogP) is 1.10. The molecule has 6 heteroatoms. The van der Waals surface area contributed by atoms with Crippen molar-refractivity contribution in [1.29, 1.82) is 0 Å². The van der Waals surface area contributed by atoms with E-state index in [0.717, 1.165) is 6.33 Å². The number of sulfone groups is 1. The first-order chi connectivity index (χ1) is 6.53. The molecular formula is C8H9FN2O2S. The van der Waals surface area contributed by atoms with Gasteiger partial charge in [0.2, 0.25) is 9.84 Å². The summed E-state index contributed by atoms with van der Waals surface area (Å²) in [5, 5.41) is 0.0528. The summed E-state index contributed by atoms with van der Waals surface area (Å²) in [4.78, 5) is 7.00. The largest absolute Gasteiger partial charge is 0.238 e. The fourth-order valence-electron chi connectivity index (χ4n) is 0.912. The summed E-state index contributed by atoms with van der Waals surface area (Å²) in [6.07, 6.45) is 1.34. The highest BCUT2D eigenvalue weighted by atomic mass is 32.2. The number of rotatable bonds is 3. The van der Waals surface area contributed by atoms with Crippen molar-refractivity contribution in [3.05, 3.63) is 29.8 Å². The third-order valence-electron chi connectivity index (χ3n) is 1.65. The second kappa shape index (κ2) is 3.83. The maximum Gasteiger partial charge on any atom is 0.219 e. The molecular weight excluding hydrogens is 207 g/mol. The molecule has 0 fully saturated rings. The molecule has 0 saturated heterocycles. The molecule has 1 heterocycles. The van der Waals surface area contributed by atoms with E-state index in [2.05, 4.69) is 16.5 Å². The van der Waals surface area contributed by atoms with Gasteiger partial charge in [-0.25, -0.2) is 22.8 Å². The Morgan fingerprint density at radius 2 is 2.21 bits per heavy atom. The predicted molar refractivity (Wildman–Crippen MR) is 48.8 cm³/mol. The molecule has 0 bridgehead atoms. The molecule has 0 unspecified atom stereocenters. The average molecular weight is 216 g/mol. The molecule has 0 aromatic carbocycles. The fourth-order valence-corrected chi connectivity index (χ4v) is 1.63. The second-order valence-electron chi connectivity index (χ2n) is 2.50. The lowest BCUT2D eigenvalue weighted by Gasteiger charge is -2.02. The molecule has 0 radical (unpaired) electrons. The summed E-state index contributed by atoms with van der Waals surface area (Å²) < 4.78 is 35.9. The van der Waals surface area contributed by atoms with Crippen LogP contribution in [0.1, 0.15) is 12.6 Å². The molecule has 0 aliphatic carbocycles. The summed E-state index contributed by atoms with van der Waals surface area (Å²) in [5.41, 5.74) is 0.0837. The molecule has 0 atom stereocenters. The van der Waals surface area contributed by atoms with Crippen molar-refractivity contribution < 1.29 is 12.8 Å². The molecule has 1 aromatic rings. The highest BCUT2D eigenvalue weighted by Gasteiger charge is 2.20. The van der Waals surface area contributed by atoms with E-state index in [0.29, 0.717) is 11.8 Å². The second-order valence-corrected chi connectivity index (χ2v) is 4.31. The van der Waals surface area contributed by atoms with Crippen LogP contribution in [-0.4, -0.2) is 18.4 Å². The van der Waals surface area contributed by atoms with Crippen molar-refractivity contribution in [3.8, 4) is 0 Å². The minimum Gasteiger partial charge on any atom is -0.238 e. The fraction of sp³-hybridized carbons (Fsp3) is 0.250. The van der Waals surface area contributed by atoms with Crippen molar-refractivity contribution in [1.82, 2.24) is 9.97 Å². The zero-order chi connectivity index (χ0) is 10.8. The zero-order valence-electron chi connectivity index (χ0n) is 7.57. The van der Waals surface area contributed by atoms with Crippen LogP contribution in [0.2, 0.25) is 0 Å². The van der Waals surface area contributed by atoms with Crippen LogP contribution in [0.15, 0.2) is 23.3 Å². The van der Waals surface area contributed by atoms with Crippen LogP contribution < -0.4 is 0 Å². The first-order valence-corrected chi connectivity index (χ1v) is 5.44. The van der Waals surface area contributed by atoms with Gasteiger partial charge >= 0.3 is 0 Å². The van der Waals surface area contributed by atoms with Crippen molar-refractivity contribution in [2.75, 3.05) is 0 Å². The van der Waals surface area contributed by atoms with E-state index < -0.39 is 20.7 Å².